The van der Waals surface area contributed by atoms with Crippen molar-refractivity contribution in [2.45, 2.75) is 13.8 Å². The predicted molar refractivity (Wildman–Crippen MR) is 64.1 cm³/mol. The Kier molecular flexibility index (Phi) is 2.55. The second-order valence-corrected chi connectivity index (χ2v) is 3.84. The number of hydrogen-bond donors (Lipinski definition) is 1. The molecule has 6 nitrogen and oxygen atoms in total. The lowest BCUT2D eigenvalue weighted by molar-refractivity contribution is -0.384. The zero-order valence-electron chi connectivity index (χ0n) is 9.54. The van der Waals surface area contributed by atoms with Gasteiger partial charge in [-0.25, -0.2) is 4.68 Å². The van der Waals surface area contributed by atoms with E-state index < -0.39 is 4.92 Å². The number of nitrogens with two attached hydrogens (primary N) is 1. The number of benzene rings is 1. The molecule has 0 bridgehead atoms. The van der Waals surface area contributed by atoms with Gasteiger partial charge in [0.25, 0.3) is 5.69 Å². The lowest BCUT2D eigenvalue weighted by Gasteiger charge is -2.05. The zero-order chi connectivity index (χ0) is 12.6. The van der Waals surface area contributed by atoms with Crippen LogP contribution in [0.2, 0.25) is 0 Å². The van der Waals surface area contributed by atoms with Crippen LogP contribution in [0.15, 0.2) is 24.4 Å². The summed E-state index contributed by atoms with van der Waals surface area (Å²) in [5.74, 6) is 0. The zero-order valence-corrected chi connectivity index (χ0v) is 9.54. The first-order chi connectivity index (χ1) is 7.99. The molecule has 0 aliphatic carbocycles. The third-order valence-electron chi connectivity index (χ3n) is 2.59. The maximum atomic E-state index is 10.7. The van der Waals surface area contributed by atoms with E-state index in [0.717, 1.165) is 5.56 Å². The van der Waals surface area contributed by atoms with E-state index in [1.165, 1.54) is 12.1 Å². The van der Waals surface area contributed by atoms with Crippen LogP contribution in [0.25, 0.3) is 5.69 Å². The van der Waals surface area contributed by atoms with Crippen molar-refractivity contribution in [3.63, 3.8) is 0 Å². The summed E-state index contributed by atoms with van der Waals surface area (Å²) < 4.78 is 1.56. The number of aromatic nitrogens is 2. The Morgan fingerprint density at radius 3 is 2.65 bits per heavy atom. The van der Waals surface area contributed by atoms with Crippen molar-refractivity contribution in [1.29, 1.82) is 0 Å². The number of nitro benzene ring substituents is 1. The molecule has 0 radical (unpaired) electrons. The van der Waals surface area contributed by atoms with E-state index in [9.17, 15) is 10.1 Å². The minimum Gasteiger partial charge on any atom is -0.396 e. The minimum atomic E-state index is -0.428. The number of nitrogens with zero attached hydrogens (tertiary/aromatic N) is 3. The fourth-order valence-electron chi connectivity index (χ4n) is 1.55. The summed E-state index contributed by atoms with van der Waals surface area (Å²) in [6, 6.07) is 4.65. The summed E-state index contributed by atoms with van der Waals surface area (Å²) in [6.45, 7) is 3.66. The second kappa shape index (κ2) is 3.89. The van der Waals surface area contributed by atoms with Crippen molar-refractivity contribution in [3.8, 4) is 5.69 Å². The predicted octanol–water partition coefficient (Wildman–Crippen LogP) is 1.98. The molecule has 0 aliphatic rings. The van der Waals surface area contributed by atoms with Gasteiger partial charge in [0.1, 0.15) is 0 Å². The molecule has 1 aromatic carbocycles. The van der Waals surface area contributed by atoms with Crippen LogP contribution in [0.5, 0.6) is 0 Å². The topological polar surface area (TPSA) is 87.0 Å². The summed E-state index contributed by atoms with van der Waals surface area (Å²) in [5.41, 5.74) is 8.58. The van der Waals surface area contributed by atoms with Crippen LogP contribution in [-0.2, 0) is 0 Å². The highest BCUT2D eigenvalue weighted by molar-refractivity contribution is 5.51. The van der Waals surface area contributed by atoms with E-state index in [0.29, 0.717) is 17.1 Å². The van der Waals surface area contributed by atoms with Crippen molar-refractivity contribution >= 4 is 11.4 Å². The van der Waals surface area contributed by atoms with E-state index in [4.69, 9.17) is 5.73 Å². The summed E-state index contributed by atoms with van der Waals surface area (Å²) in [4.78, 5) is 10.3. The molecule has 0 saturated carbocycles. The fourth-order valence-corrected chi connectivity index (χ4v) is 1.55. The number of aryl methyl sites for hydroxylation is 2. The summed E-state index contributed by atoms with van der Waals surface area (Å²) in [7, 11) is 0. The smallest absolute Gasteiger partial charge is 0.271 e. The summed E-state index contributed by atoms with van der Waals surface area (Å²) in [5, 5.41) is 14.9. The van der Waals surface area contributed by atoms with Gasteiger partial charge in [0.2, 0.25) is 0 Å². The molecule has 1 aromatic heterocycles. The average Bonchev–Trinajstić information content (AvgIpc) is 2.59. The summed E-state index contributed by atoms with van der Waals surface area (Å²) in [6.07, 6.45) is 1.65. The highest BCUT2D eigenvalue weighted by atomic mass is 16.6. The van der Waals surface area contributed by atoms with E-state index in [1.54, 1.807) is 23.9 Å². The quantitative estimate of drug-likeness (QED) is 0.633. The van der Waals surface area contributed by atoms with Crippen molar-refractivity contribution in [3.05, 3.63) is 45.8 Å². The minimum absolute atomic E-state index is 0.0392. The Morgan fingerprint density at radius 1 is 1.41 bits per heavy atom. The van der Waals surface area contributed by atoms with E-state index in [1.807, 2.05) is 6.92 Å². The number of rotatable bonds is 2. The van der Waals surface area contributed by atoms with Crippen molar-refractivity contribution in [2.75, 3.05) is 5.73 Å². The molecular formula is C11H12N4O2. The molecule has 2 N–H and O–H groups in total. The monoisotopic (exact) mass is 232 g/mol. The molecule has 88 valence electrons. The van der Waals surface area contributed by atoms with E-state index >= 15 is 0 Å². The van der Waals surface area contributed by atoms with Crippen LogP contribution in [0, 0.1) is 24.0 Å². The molecule has 0 atom stereocenters. The first-order valence-electron chi connectivity index (χ1n) is 5.06. The van der Waals surface area contributed by atoms with Gasteiger partial charge in [0.05, 0.1) is 28.2 Å². The van der Waals surface area contributed by atoms with E-state index in [2.05, 4.69) is 5.10 Å². The molecule has 2 aromatic rings. The number of nitro groups is 1. The Morgan fingerprint density at radius 2 is 2.12 bits per heavy atom. The molecule has 0 amide bonds. The van der Waals surface area contributed by atoms with Gasteiger partial charge in [-0.2, -0.15) is 5.10 Å². The first kappa shape index (κ1) is 11.1. The van der Waals surface area contributed by atoms with Gasteiger partial charge in [-0.15, -0.1) is 0 Å². The molecule has 0 fully saturated rings. The number of non-ortho nitro benzene ring substituents is 1. The molecule has 6 heteroatoms. The van der Waals surface area contributed by atoms with Gasteiger partial charge in [0, 0.05) is 12.1 Å². The molecule has 17 heavy (non-hydrogen) atoms. The van der Waals surface area contributed by atoms with Crippen molar-refractivity contribution < 1.29 is 4.92 Å². The van der Waals surface area contributed by atoms with Gasteiger partial charge in [-0.1, -0.05) is 6.07 Å². The first-order valence-corrected chi connectivity index (χ1v) is 5.06. The summed E-state index contributed by atoms with van der Waals surface area (Å²) >= 11 is 0. The van der Waals surface area contributed by atoms with Crippen LogP contribution in [0.3, 0.4) is 0 Å². The molecule has 0 spiro atoms. The Hall–Kier alpha value is -2.37. The maximum absolute atomic E-state index is 10.7. The van der Waals surface area contributed by atoms with Gasteiger partial charge in [-0.3, -0.25) is 10.1 Å². The molecule has 1 heterocycles. The Labute approximate surface area is 97.8 Å². The van der Waals surface area contributed by atoms with Gasteiger partial charge >= 0.3 is 0 Å². The second-order valence-electron chi connectivity index (χ2n) is 3.84. The molecule has 0 aliphatic heterocycles. The number of anilines is 1. The molecular weight excluding hydrogens is 220 g/mol. The highest BCUT2D eigenvalue weighted by Crippen LogP contribution is 2.22. The van der Waals surface area contributed by atoms with E-state index in [-0.39, 0.29) is 5.69 Å². The van der Waals surface area contributed by atoms with Gasteiger partial charge < -0.3 is 5.73 Å². The maximum Gasteiger partial charge on any atom is 0.271 e. The van der Waals surface area contributed by atoms with Crippen LogP contribution < -0.4 is 5.73 Å². The number of hydrogen-bond acceptors (Lipinski definition) is 4. The van der Waals surface area contributed by atoms with Crippen LogP contribution >= 0.6 is 0 Å². The average molecular weight is 232 g/mol. The lowest BCUT2D eigenvalue weighted by atomic mass is 10.2. The van der Waals surface area contributed by atoms with Gasteiger partial charge in [0.15, 0.2) is 0 Å². The highest BCUT2D eigenvalue weighted by Gasteiger charge is 2.11. The van der Waals surface area contributed by atoms with Gasteiger partial charge in [-0.05, 0) is 19.4 Å². The SMILES string of the molecule is Cc1ccc([N+](=O)[O-])cc1-n1cc(N)c(C)n1. The molecule has 0 saturated heterocycles. The third kappa shape index (κ3) is 1.96. The fraction of sp³-hybridized carbons (Fsp3) is 0.182. The Balaban J connectivity index is 2.57. The molecule has 0 unspecified atom stereocenters. The van der Waals surface area contributed by atoms with Crippen LogP contribution in [-0.4, -0.2) is 14.7 Å². The van der Waals surface area contributed by atoms with Crippen LogP contribution in [0.4, 0.5) is 11.4 Å². The van der Waals surface area contributed by atoms with Crippen molar-refractivity contribution in [1.82, 2.24) is 9.78 Å². The number of nitrogen functional groups attached to an aromatic ring is 1. The molecule has 2 rings (SSSR count). The Bertz CT molecular complexity index is 570. The standard InChI is InChI=1S/C11H12N4O2/c1-7-3-4-9(15(16)17)5-11(7)14-6-10(12)8(2)13-14/h3-6H,12H2,1-2H3. The third-order valence-corrected chi connectivity index (χ3v) is 2.59. The van der Waals surface area contributed by atoms with Crippen LogP contribution in [0.1, 0.15) is 11.3 Å². The van der Waals surface area contributed by atoms with Crippen molar-refractivity contribution in [2.24, 2.45) is 0 Å². The normalized spacial score (nSPS) is 10.5. The largest absolute Gasteiger partial charge is 0.396 e. The lowest BCUT2D eigenvalue weighted by Crippen LogP contribution is -1.99.